The quantitative estimate of drug-likeness (QED) is 0.546. The van der Waals surface area contributed by atoms with Gasteiger partial charge in [-0.1, -0.05) is 43.7 Å². The second-order valence-corrected chi connectivity index (χ2v) is 9.28. The monoisotopic (exact) mass is 461 g/mol. The highest BCUT2D eigenvalue weighted by Gasteiger charge is 2.70. The molecule has 0 unspecified atom stereocenters. The summed E-state index contributed by atoms with van der Waals surface area (Å²) in [6.07, 6.45) is 3.01. The average Bonchev–Trinajstić information content (AvgIpc) is 3.41. The molecule has 0 saturated carbocycles. The Balaban J connectivity index is 1.55. The van der Waals surface area contributed by atoms with Gasteiger partial charge in [0, 0.05) is 23.7 Å². The molecule has 3 aliphatic rings. The molecule has 8 heteroatoms. The zero-order valence-corrected chi connectivity index (χ0v) is 18.9. The number of rotatable bonds is 7. The maximum Gasteiger partial charge on any atom is 0.303 e. The fourth-order valence-corrected chi connectivity index (χ4v) is 5.73. The molecule has 2 aromatic carbocycles. The van der Waals surface area contributed by atoms with Gasteiger partial charge >= 0.3 is 5.97 Å². The van der Waals surface area contributed by atoms with Crippen LogP contribution in [0.4, 0.5) is 11.4 Å². The lowest BCUT2D eigenvalue weighted by Crippen LogP contribution is -2.53. The number of carboxylic acids is 1. The van der Waals surface area contributed by atoms with Crippen molar-refractivity contribution in [3.63, 3.8) is 0 Å². The average molecular weight is 462 g/mol. The highest BCUT2D eigenvalue weighted by atomic mass is 16.4. The normalized spacial score (nSPS) is 27.3. The SMILES string of the molecule is CCCCc1ccc(N2C(=O)[C@@H]3[C@H](CCC(=O)O)N[C@]4(C(=O)Nc5ccccc54)[C@@H]3C2=O)cc1. The number of nitrogens with one attached hydrogen (secondary N) is 2. The largest absolute Gasteiger partial charge is 0.481 e. The van der Waals surface area contributed by atoms with Crippen LogP contribution >= 0.6 is 0 Å². The van der Waals surface area contributed by atoms with Crippen LogP contribution in [0.2, 0.25) is 0 Å². The molecular weight excluding hydrogens is 434 g/mol. The van der Waals surface area contributed by atoms with Crippen molar-refractivity contribution in [1.29, 1.82) is 0 Å². The Bertz CT molecular complexity index is 1180. The lowest BCUT2D eigenvalue weighted by Gasteiger charge is -2.29. The number of para-hydroxylation sites is 1. The Hall–Kier alpha value is -3.52. The van der Waals surface area contributed by atoms with Crippen LogP contribution in [-0.4, -0.2) is 34.8 Å². The van der Waals surface area contributed by atoms with E-state index < -0.39 is 41.2 Å². The molecule has 1 spiro atoms. The number of carbonyl (C=O) groups is 4. The molecule has 176 valence electrons. The summed E-state index contributed by atoms with van der Waals surface area (Å²) in [7, 11) is 0. The molecule has 4 atom stereocenters. The molecule has 0 bridgehead atoms. The summed E-state index contributed by atoms with van der Waals surface area (Å²) >= 11 is 0. The first kappa shape index (κ1) is 22.3. The molecule has 3 N–H and O–H groups in total. The number of benzene rings is 2. The van der Waals surface area contributed by atoms with Gasteiger partial charge in [0.1, 0.15) is 5.54 Å². The predicted octanol–water partition coefficient (Wildman–Crippen LogP) is 2.82. The standard InChI is InChI=1S/C26H27N3O5/c1-2-3-6-15-9-11-16(12-10-15)29-23(32)21-19(13-14-20(30)31)28-26(22(21)24(29)33)17-7-4-5-8-18(17)27-25(26)34/h4-5,7-12,19,21-22,28H,2-3,6,13-14H2,1H3,(H,27,34)(H,30,31)/t19-,21+,22-,26-/m0/s1. The second-order valence-electron chi connectivity index (χ2n) is 9.28. The van der Waals surface area contributed by atoms with Crippen LogP contribution in [0.3, 0.4) is 0 Å². The topological polar surface area (TPSA) is 116 Å². The predicted molar refractivity (Wildman–Crippen MR) is 125 cm³/mol. The number of aliphatic carboxylic acids is 1. The third-order valence-corrected chi connectivity index (χ3v) is 7.31. The highest BCUT2D eigenvalue weighted by Crippen LogP contribution is 2.54. The summed E-state index contributed by atoms with van der Waals surface area (Å²) in [6.45, 7) is 2.12. The Morgan fingerprint density at radius 3 is 2.50 bits per heavy atom. The molecule has 3 amide bonds. The summed E-state index contributed by atoms with van der Waals surface area (Å²) in [6, 6.07) is 13.9. The molecule has 3 aliphatic heterocycles. The first-order valence-corrected chi connectivity index (χ1v) is 11.8. The zero-order valence-electron chi connectivity index (χ0n) is 18.9. The number of fused-ring (bicyclic) bond motifs is 4. The van der Waals surface area contributed by atoms with Gasteiger partial charge in [0.25, 0.3) is 0 Å². The molecule has 0 aliphatic carbocycles. The van der Waals surface area contributed by atoms with E-state index in [1.807, 2.05) is 12.1 Å². The van der Waals surface area contributed by atoms with Crippen LogP contribution in [0.5, 0.6) is 0 Å². The minimum absolute atomic E-state index is 0.135. The van der Waals surface area contributed by atoms with Gasteiger partial charge in [-0.2, -0.15) is 0 Å². The van der Waals surface area contributed by atoms with E-state index in [0.29, 0.717) is 16.9 Å². The van der Waals surface area contributed by atoms with Crippen LogP contribution < -0.4 is 15.5 Å². The van der Waals surface area contributed by atoms with Crippen molar-refractivity contribution in [2.24, 2.45) is 11.8 Å². The van der Waals surface area contributed by atoms with Crippen LogP contribution in [0.25, 0.3) is 0 Å². The van der Waals surface area contributed by atoms with Crippen molar-refractivity contribution < 1.29 is 24.3 Å². The molecule has 0 aromatic heterocycles. The third-order valence-electron chi connectivity index (χ3n) is 7.31. The van der Waals surface area contributed by atoms with Crippen molar-refractivity contribution >= 4 is 35.1 Å². The minimum Gasteiger partial charge on any atom is -0.481 e. The number of carbonyl (C=O) groups excluding carboxylic acids is 3. The molecule has 0 radical (unpaired) electrons. The highest BCUT2D eigenvalue weighted by molar-refractivity contribution is 6.25. The molecule has 5 rings (SSSR count). The van der Waals surface area contributed by atoms with Crippen LogP contribution in [0.15, 0.2) is 48.5 Å². The van der Waals surface area contributed by atoms with Gasteiger partial charge in [0.05, 0.1) is 17.5 Å². The van der Waals surface area contributed by atoms with E-state index in [-0.39, 0.29) is 18.7 Å². The summed E-state index contributed by atoms with van der Waals surface area (Å²) in [5, 5.41) is 15.3. The van der Waals surface area contributed by atoms with Gasteiger partial charge in [-0.25, -0.2) is 4.90 Å². The number of imide groups is 1. The molecule has 2 aromatic rings. The van der Waals surface area contributed by atoms with E-state index in [9.17, 15) is 24.3 Å². The van der Waals surface area contributed by atoms with Gasteiger partial charge < -0.3 is 10.4 Å². The molecular formula is C26H27N3O5. The number of aryl methyl sites for hydroxylation is 1. The minimum atomic E-state index is -1.41. The van der Waals surface area contributed by atoms with Crippen molar-refractivity contribution in [2.45, 2.75) is 50.6 Å². The van der Waals surface area contributed by atoms with E-state index in [1.54, 1.807) is 36.4 Å². The number of hydrogen-bond acceptors (Lipinski definition) is 5. The molecule has 2 fully saturated rings. The summed E-state index contributed by atoms with van der Waals surface area (Å²) in [5.41, 5.74) is 1.41. The van der Waals surface area contributed by atoms with E-state index in [2.05, 4.69) is 17.6 Å². The van der Waals surface area contributed by atoms with Crippen LogP contribution in [0, 0.1) is 11.8 Å². The number of hydrogen-bond donors (Lipinski definition) is 3. The zero-order chi connectivity index (χ0) is 24.0. The summed E-state index contributed by atoms with van der Waals surface area (Å²) in [4.78, 5) is 53.3. The van der Waals surface area contributed by atoms with E-state index in [4.69, 9.17) is 0 Å². The number of carboxylic acid groups (broad SMARTS) is 1. The maximum atomic E-state index is 13.8. The van der Waals surface area contributed by atoms with Gasteiger partial charge in [0.2, 0.25) is 17.7 Å². The first-order chi connectivity index (χ1) is 16.4. The lowest BCUT2D eigenvalue weighted by molar-refractivity contribution is -0.137. The van der Waals surface area contributed by atoms with E-state index >= 15 is 0 Å². The second kappa shape index (κ2) is 8.36. The first-order valence-electron chi connectivity index (χ1n) is 11.8. The fraction of sp³-hybridized carbons (Fsp3) is 0.385. The molecule has 3 heterocycles. The molecule has 8 nitrogen and oxygen atoms in total. The Labute approximate surface area is 197 Å². The number of unbranched alkanes of at least 4 members (excludes halogenated alkanes) is 1. The molecule has 2 saturated heterocycles. The number of nitrogens with zero attached hydrogens (tertiary/aromatic N) is 1. The van der Waals surface area contributed by atoms with Gasteiger partial charge in [-0.15, -0.1) is 0 Å². The Morgan fingerprint density at radius 1 is 1.06 bits per heavy atom. The summed E-state index contributed by atoms with van der Waals surface area (Å²) in [5.74, 6) is -4.00. The third kappa shape index (κ3) is 3.24. The van der Waals surface area contributed by atoms with E-state index in [0.717, 1.165) is 24.8 Å². The van der Waals surface area contributed by atoms with Crippen molar-refractivity contribution in [3.8, 4) is 0 Å². The van der Waals surface area contributed by atoms with Gasteiger partial charge in [-0.05, 0) is 43.0 Å². The van der Waals surface area contributed by atoms with Crippen molar-refractivity contribution in [2.75, 3.05) is 10.2 Å². The van der Waals surface area contributed by atoms with Crippen molar-refractivity contribution in [1.82, 2.24) is 5.32 Å². The van der Waals surface area contributed by atoms with E-state index in [1.165, 1.54) is 4.90 Å². The molecule has 34 heavy (non-hydrogen) atoms. The Morgan fingerprint density at radius 2 is 1.79 bits per heavy atom. The van der Waals surface area contributed by atoms with Crippen LogP contribution in [-0.2, 0) is 31.1 Å². The lowest BCUT2D eigenvalue weighted by atomic mass is 9.76. The maximum absolute atomic E-state index is 13.8. The summed E-state index contributed by atoms with van der Waals surface area (Å²) < 4.78 is 0. The number of anilines is 2. The Kier molecular flexibility index (Phi) is 5.48. The van der Waals surface area contributed by atoms with Crippen molar-refractivity contribution in [3.05, 3.63) is 59.7 Å². The van der Waals surface area contributed by atoms with Crippen LogP contribution in [0.1, 0.15) is 43.7 Å². The van der Waals surface area contributed by atoms with Gasteiger partial charge in [0.15, 0.2) is 0 Å². The number of amides is 3. The smallest absolute Gasteiger partial charge is 0.303 e. The van der Waals surface area contributed by atoms with Gasteiger partial charge in [-0.3, -0.25) is 24.5 Å². The fourth-order valence-electron chi connectivity index (χ4n) is 5.73.